The number of ether oxygens (including phenoxy) is 1. The van der Waals surface area contributed by atoms with Crippen LogP contribution in [-0.2, 0) is 4.84 Å². The number of nitro groups is 1. The number of non-ortho nitro benzene ring substituents is 1. The maximum absolute atomic E-state index is 11.0. The molecule has 0 radical (unpaired) electrons. The van der Waals surface area contributed by atoms with Gasteiger partial charge in [-0.3, -0.25) is 10.1 Å². The van der Waals surface area contributed by atoms with Crippen molar-refractivity contribution in [2.75, 3.05) is 13.2 Å². The van der Waals surface area contributed by atoms with Gasteiger partial charge in [0.25, 0.3) is 5.69 Å². The lowest BCUT2D eigenvalue weighted by molar-refractivity contribution is -0.384. The fourth-order valence-corrected chi connectivity index (χ4v) is 3.62. The Kier molecular flexibility index (Phi) is 6.48. The minimum atomic E-state index is -0.411. The van der Waals surface area contributed by atoms with Crippen LogP contribution in [0.3, 0.4) is 0 Å². The lowest BCUT2D eigenvalue weighted by Crippen LogP contribution is -2.09. The van der Waals surface area contributed by atoms with Gasteiger partial charge in [-0.2, -0.15) is 0 Å². The molecule has 7 heteroatoms. The van der Waals surface area contributed by atoms with Gasteiger partial charge in [0.15, 0.2) is 6.61 Å². The first-order valence-corrected chi connectivity index (χ1v) is 10.4. The molecular formula is C24H21ClN2O4. The molecule has 0 heterocycles. The Morgan fingerprint density at radius 2 is 1.71 bits per heavy atom. The first kappa shape index (κ1) is 20.9. The highest BCUT2D eigenvalue weighted by Gasteiger charge is 2.43. The molecule has 158 valence electrons. The molecule has 2 atom stereocenters. The molecule has 0 bridgehead atoms. The van der Waals surface area contributed by atoms with E-state index in [1.807, 2.05) is 54.6 Å². The molecule has 6 nitrogen and oxygen atoms in total. The second-order valence-corrected chi connectivity index (χ2v) is 7.71. The normalized spacial score (nSPS) is 17.8. The van der Waals surface area contributed by atoms with E-state index in [1.54, 1.807) is 12.1 Å². The summed E-state index contributed by atoms with van der Waals surface area (Å²) in [6.45, 7) is 0.663. The van der Waals surface area contributed by atoms with E-state index in [-0.39, 0.29) is 11.6 Å². The Morgan fingerprint density at radius 3 is 2.39 bits per heavy atom. The van der Waals surface area contributed by atoms with Crippen molar-refractivity contribution in [1.82, 2.24) is 0 Å². The van der Waals surface area contributed by atoms with E-state index in [9.17, 15) is 10.1 Å². The van der Waals surface area contributed by atoms with Gasteiger partial charge in [0, 0.05) is 28.6 Å². The molecule has 1 saturated carbocycles. The van der Waals surface area contributed by atoms with Crippen molar-refractivity contribution < 1.29 is 14.5 Å². The van der Waals surface area contributed by atoms with Crippen LogP contribution in [0.4, 0.5) is 5.69 Å². The lowest BCUT2D eigenvalue weighted by atomic mass is 10.0. The maximum atomic E-state index is 11.0. The zero-order chi connectivity index (χ0) is 21.6. The highest BCUT2D eigenvalue weighted by Crippen LogP contribution is 2.49. The molecule has 1 aliphatic carbocycles. The summed E-state index contributed by atoms with van der Waals surface area (Å²) in [4.78, 5) is 16.1. The van der Waals surface area contributed by atoms with Crippen LogP contribution in [-0.4, -0.2) is 23.8 Å². The van der Waals surface area contributed by atoms with Gasteiger partial charge in [-0.25, -0.2) is 0 Å². The highest BCUT2D eigenvalue weighted by molar-refractivity contribution is 6.30. The number of hydrogen-bond acceptors (Lipinski definition) is 5. The monoisotopic (exact) mass is 436 g/mol. The van der Waals surface area contributed by atoms with Gasteiger partial charge >= 0.3 is 0 Å². The Bertz CT molecular complexity index is 1050. The average molecular weight is 437 g/mol. The molecule has 0 aliphatic heterocycles. The lowest BCUT2D eigenvalue weighted by Gasteiger charge is -2.09. The Labute approximate surface area is 185 Å². The summed E-state index contributed by atoms with van der Waals surface area (Å²) in [5, 5.41) is 16.1. The van der Waals surface area contributed by atoms with Gasteiger partial charge in [0.2, 0.25) is 0 Å². The molecule has 3 aromatic rings. The summed E-state index contributed by atoms with van der Waals surface area (Å²) in [5.74, 6) is 1.27. The molecular weight excluding hydrogens is 416 g/mol. The number of hydrogen-bond donors (Lipinski definition) is 0. The summed E-state index contributed by atoms with van der Waals surface area (Å²) < 4.78 is 5.63. The summed E-state index contributed by atoms with van der Waals surface area (Å²) in [7, 11) is 0. The van der Waals surface area contributed by atoms with Crippen molar-refractivity contribution in [1.29, 1.82) is 0 Å². The van der Waals surface area contributed by atoms with Gasteiger partial charge in [0.05, 0.1) is 10.6 Å². The van der Waals surface area contributed by atoms with Crippen molar-refractivity contribution in [3.05, 3.63) is 105 Å². The molecule has 4 rings (SSSR count). The second-order valence-electron chi connectivity index (χ2n) is 7.28. The topological polar surface area (TPSA) is 74.0 Å². The van der Waals surface area contributed by atoms with Crippen LogP contribution in [0.1, 0.15) is 23.5 Å². The first-order valence-electron chi connectivity index (χ1n) is 10.00. The third-order valence-corrected chi connectivity index (χ3v) is 5.42. The van der Waals surface area contributed by atoms with Crippen LogP contribution >= 0.6 is 11.6 Å². The predicted octanol–water partition coefficient (Wildman–Crippen LogP) is 5.85. The molecule has 1 aliphatic rings. The van der Waals surface area contributed by atoms with Crippen LogP contribution in [0.5, 0.6) is 5.75 Å². The van der Waals surface area contributed by atoms with Crippen molar-refractivity contribution in [2.45, 2.75) is 12.3 Å². The number of nitrogens with zero attached hydrogens (tertiary/aromatic N) is 2. The quantitative estimate of drug-likeness (QED) is 0.182. The molecule has 0 aromatic heterocycles. The predicted molar refractivity (Wildman–Crippen MR) is 120 cm³/mol. The number of nitro benzene ring substituents is 1. The summed E-state index contributed by atoms with van der Waals surface area (Å²) in [6, 6.07) is 23.7. The minimum absolute atomic E-state index is 0.0466. The van der Waals surface area contributed by atoms with Crippen molar-refractivity contribution >= 4 is 23.0 Å². The highest BCUT2D eigenvalue weighted by atomic mass is 35.5. The van der Waals surface area contributed by atoms with E-state index in [0.717, 1.165) is 23.4 Å². The van der Waals surface area contributed by atoms with Gasteiger partial charge in [-0.05, 0) is 54.3 Å². The van der Waals surface area contributed by atoms with Gasteiger partial charge in [-0.1, -0.05) is 47.1 Å². The van der Waals surface area contributed by atoms with E-state index in [2.05, 4.69) is 5.16 Å². The van der Waals surface area contributed by atoms with Crippen LogP contribution in [0.2, 0.25) is 5.02 Å². The molecule has 0 saturated heterocycles. The van der Waals surface area contributed by atoms with Crippen LogP contribution < -0.4 is 4.74 Å². The Morgan fingerprint density at radius 1 is 1.00 bits per heavy atom. The summed E-state index contributed by atoms with van der Waals surface area (Å²) >= 11 is 6.00. The molecule has 1 fully saturated rings. The molecule has 0 N–H and O–H groups in total. The van der Waals surface area contributed by atoms with Crippen molar-refractivity contribution in [3.63, 3.8) is 0 Å². The molecule has 3 aromatic carbocycles. The number of benzene rings is 3. The third-order valence-electron chi connectivity index (χ3n) is 5.16. The summed E-state index contributed by atoms with van der Waals surface area (Å²) in [6.07, 6.45) is 0.932. The number of rotatable bonds is 9. The van der Waals surface area contributed by atoms with Crippen LogP contribution in [0.15, 0.2) is 84.0 Å². The van der Waals surface area contributed by atoms with Crippen LogP contribution in [0.25, 0.3) is 0 Å². The third kappa shape index (κ3) is 5.41. The largest absolute Gasteiger partial charge is 0.490 e. The van der Waals surface area contributed by atoms with E-state index in [1.165, 1.54) is 17.7 Å². The van der Waals surface area contributed by atoms with E-state index < -0.39 is 4.92 Å². The number of para-hydroxylation sites is 1. The Hall–Kier alpha value is -3.38. The van der Waals surface area contributed by atoms with Gasteiger partial charge in [-0.15, -0.1) is 0 Å². The standard InChI is InChI=1S/C24H21ClN2O4/c25-19-10-6-17(7-11-19)22-16-23(22)24(18-8-12-20(13-9-18)27(28)29)26-31-15-14-30-21-4-2-1-3-5-21/h1-13,22-23H,14-16H2. The fraction of sp³-hybridized carbons (Fsp3) is 0.208. The van der Waals surface area contributed by atoms with E-state index in [4.69, 9.17) is 21.2 Å². The SMILES string of the molecule is O=[N+]([O-])c1ccc(C(=NOCCOc2ccccc2)C2CC2c2ccc(Cl)cc2)cc1. The first-order chi connectivity index (χ1) is 15.1. The molecule has 31 heavy (non-hydrogen) atoms. The van der Waals surface area contributed by atoms with Crippen LogP contribution in [0, 0.1) is 16.0 Å². The molecule has 0 amide bonds. The van der Waals surface area contributed by atoms with E-state index >= 15 is 0 Å². The maximum Gasteiger partial charge on any atom is 0.269 e. The minimum Gasteiger partial charge on any atom is -0.490 e. The Balaban J connectivity index is 1.45. The second kappa shape index (κ2) is 9.62. The number of oxime groups is 1. The van der Waals surface area contributed by atoms with Gasteiger partial charge in [0.1, 0.15) is 12.4 Å². The fourth-order valence-electron chi connectivity index (χ4n) is 3.49. The van der Waals surface area contributed by atoms with Crippen molar-refractivity contribution in [2.24, 2.45) is 11.1 Å². The smallest absolute Gasteiger partial charge is 0.269 e. The molecule has 0 spiro atoms. The average Bonchev–Trinajstić information content (AvgIpc) is 3.58. The molecule has 2 unspecified atom stereocenters. The van der Waals surface area contributed by atoms with E-state index in [0.29, 0.717) is 24.2 Å². The zero-order valence-electron chi connectivity index (χ0n) is 16.7. The zero-order valence-corrected chi connectivity index (χ0v) is 17.4. The van der Waals surface area contributed by atoms with Gasteiger partial charge < -0.3 is 9.57 Å². The van der Waals surface area contributed by atoms with Crippen molar-refractivity contribution in [3.8, 4) is 5.75 Å². The summed E-state index contributed by atoms with van der Waals surface area (Å²) in [5.41, 5.74) is 2.84. The number of halogens is 1.